The van der Waals surface area contributed by atoms with Gasteiger partial charge < -0.3 is 4.90 Å². The first-order chi connectivity index (χ1) is 14.0. The lowest BCUT2D eigenvalue weighted by Crippen LogP contribution is -2.48. The number of aromatic nitrogens is 4. The van der Waals surface area contributed by atoms with Crippen LogP contribution in [0.2, 0.25) is 0 Å². The van der Waals surface area contributed by atoms with Crippen LogP contribution in [0.1, 0.15) is 27.3 Å². The molecule has 8 heteroatoms. The molecule has 2 aromatic carbocycles. The molecule has 0 radical (unpaired) electrons. The molecular weight excluding hydrogens is 371 g/mol. The topological polar surface area (TPSA) is 67.2 Å². The van der Waals surface area contributed by atoms with E-state index in [1.54, 1.807) is 16.8 Å². The van der Waals surface area contributed by atoms with Gasteiger partial charge in [0.05, 0.1) is 12.2 Å². The highest BCUT2D eigenvalue weighted by atomic mass is 19.1. The van der Waals surface area contributed by atoms with Crippen molar-refractivity contribution in [3.63, 3.8) is 0 Å². The number of nitrogens with zero attached hydrogens (tertiary/aromatic N) is 6. The van der Waals surface area contributed by atoms with Crippen molar-refractivity contribution in [3.05, 3.63) is 70.8 Å². The zero-order valence-electron chi connectivity index (χ0n) is 16.5. The number of tetrazole rings is 1. The van der Waals surface area contributed by atoms with Crippen molar-refractivity contribution in [1.82, 2.24) is 30.0 Å². The molecule has 150 valence electrons. The second-order valence-electron chi connectivity index (χ2n) is 7.43. The summed E-state index contributed by atoms with van der Waals surface area (Å²) in [4.78, 5) is 17.0. The zero-order chi connectivity index (χ0) is 20.4. The lowest BCUT2D eigenvalue weighted by molar-refractivity contribution is 0.0624. The molecule has 4 rings (SSSR count). The standard InChI is InChI=1S/C21H23FN6O/c1-15-11-16(2)13-17(12-15)21(29)27-9-7-26(8-10-27)14-20-23-24-25-28(20)19-5-3-18(22)4-6-19/h3-6,11-13H,7-10,14H2,1-2H3. The van der Waals surface area contributed by atoms with Crippen LogP contribution < -0.4 is 0 Å². The van der Waals surface area contributed by atoms with Gasteiger partial charge in [-0.05, 0) is 60.7 Å². The Kier molecular flexibility index (Phi) is 5.35. The Hall–Kier alpha value is -3.13. The van der Waals surface area contributed by atoms with Gasteiger partial charge in [-0.1, -0.05) is 17.2 Å². The number of aryl methyl sites for hydroxylation is 2. The molecule has 1 aliphatic heterocycles. The van der Waals surface area contributed by atoms with Crippen molar-refractivity contribution in [1.29, 1.82) is 0 Å². The van der Waals surface area contributed by atoms with Crippen molar-refractivity contribution in [3.8, 4) is 5.69 Å². The van der Waals surface area contributed by atoms with Crippen molar-refractivity contribution >= 4 is 5.91 Å². The van der Waals surface area contributed by atoms with Gasteiger partial charge in [0, 0.05) is 31.7 Å². The molecule has 0 aliphatic carbocycles. The summed E-state index contributed by atoms with van der Waals surface area (Å²) in [5.41, 5.74) is 3.66. The molecule has 0 N–H and O–H groups in total. The third kappa shape index (κ3) is 4.32. The minimum Gasteiger partial charge on any atom is -0.336 e. The number of carbonyl (C=O) groups is 1. The third-order valence-corrected chi connectivity index (χ3v) is 5.10. The maximum absolute atomic E-state index is 13.2. The number of benzene rings is 2. The average Bonchev–Trinajstić information content (AvgIpc) is 3.16. The largest absolute Gasteiger partial charge is 0.336 e. The van der Waals surface area contributed by atoms with Crippen LogP contribution in [0.3, 0.4) is 0 Å². The monoisotopic (exact) mass is 394 g/mol. The number of piperazine rings is 1. The number of rotatable bonds is 4. The Morgan fingerprint density at radius 2 is 1.66 bits per heavy atom. The van der Waals surface area contributed by atoms with Gasteiger partial charge in [-0.2, -0.15) is 4.68 Å². The summed E-state index contributed by atoms with van der Waals surface area (Å²) in [6, 6.07) is 12.0. The van der Waals surface area contributed by atoms with Crippen LogP contribution in [0.5, 0.6) is 0 Å². The second kappa shape index (κ2) is 8.08. The molecule has 1 aromatic heterocycles. The van der Waals surface area contributed by atoms with Gasteiger partial charge in [-0.25, -0.2) is 4.39 Å². The van der Waals surface area contributed by atoms with Crippen LogP contribution in [0.15, 0.2) is 42.5 Å². The van der Waals surface area contributed by atoms with E-state index in [1.807, 2.05) is 30.9 Å². The summed E-state index contributed by atoms with van der Waals surface area (Å²) in [6.45, 7) is 7.38. The molecule has 3 aromatic rings. The third-order valence-electron chi connectivity index (χ3n) is 5.10. The SMILES string of the molecule is Cc1cc(C)cc(C(=O)N2CCN(Cc3nnnn3-c3ccc(F)cc3)CC2)c1. The fourth-order valence-electron chi connectivity index (χ4n) is 3.68. The van der Waals surface area contributed by atoms with E-state index in [0.29, 0.717) is 25.5 Å². The van der Waals surface area contributed by atoms with E-state index in [2.05, 4.69) is 26.5 Å². The van der Waals surface area contributed by atoms with E-state index in [1.165, 1.54) is 12.1 Å². The Balaban J connectivity index is 1.39. The van der Waals surface area contributed by atoms with E-state index in [0.717, 1.165) is 35.5 Å². The average molecular weight is 394 g/mol. The molecule has 1 amide bonds. The minimum atomic E-state index is -0.298. The molecule has 29 heavy (non-hydrogen) atoms. The maximum atomic E-state index is 13.2. The first-order valence-corrected chi connectivity index (χ1v) is 9.63. The van der Waals surface area contributed by atoms with Gasteiger partial charge in [0.1, 0.15) is 5.82 Å². The molecule has 1 aliphatic rings. The molecule has 7 nitrogen and oxygen atoms in total. The summed E-state index contributed by atoms with van der Waals surface area (Å²) >= 11 is 0. The molecule has 1 saturated heterocycles. The van der Waals surface area contributed by atoms with Crippen molar-refractivity contribution in [2.24, 2.45) is 0 Å². The first-order valence-electron chi connectivity index (χ1n) is 9.63. The van der Waals surface area contributed by atoms with Gasteiger partial charge in [0.25, 0.3) is 5.91 Å². The van der Waals surface area contributed by atoms with Crippen molar-refractivity contribution in [2.75, 3.05) is 26.2 Å². The normalized spacial score (nSPS) is 14.9. The smallest absolute Gasteiger partial charge is 0.253 e. The van der Waals surface area contributed by atoms with Gasteiger partial charge >= 0.3 is 0 Å². The quantitative estimate of drug-likeness (QED) is 0.680. The lowest BCUT2D eigenvalue weighted by Gasteiger charge is -2.34. The summed E-state index contributed by atoms with van der Waals surface area (Å²) < 4.78 is 14.8. The van der Waals surface area contributed by atoms with Crippen molar-refractivity contribution < 1.29 is 9.18 Å². The summed E-state index contributed by atoms with van der Waals surface area (Å²) in [5.74, 6) is 0.464. The van der Waals surface area contributed by atoms with Gasteiger partial charge in [-0.15, -0.1) is 5.10 Å². The highest BCUT2D eigenvalue weighted by molar-refractivity contribution is 5.94. The summed E-state index contributed by atoms with van der Waals surface area (Å²) in [7, 11) is 0. The first kappa shape index (κ1) is 19.2. The lowest BCUT2D eigenvalue weighted by atomic mass is 10.1. The van der Waals surface area contributed by atoms with Crippen LogP contribution in [0, 0.1) is 19.7 Å². The predicted octanol–water partition coefficient (Wildman–Crippen LogP) is 2.38. The van der Waals surface area contributed by atoms with E-state index in [9.17, 15) is 9.18 Å². The molecule has 0 bridgehead atoms. The van der Waals surface area contributed by atoms with Crippen LogP contribution in [-0.4, -0.2) is 62.1 Å². The van der Waals surface area contributed by atoms with E-state index in [-0.39, 0.29) is 11.7 Å². The zero-order valence-corrected chi connectivity index (χ0v) is 16.5. The number of carbonyl (C=O) groups excluding carboxylic acids is 1. The summed E-state index contributed by atoms with van der Waals surface area (Å²) in [6.07, 6.45) is 0. The highest BCUT2D eigenvalue weighted by Crippen LogP contribution is 2.15. The summed E-state index contributed by atoms with van der Waals surface area (Å²) in [5, 5.41) is 11.9. The van der Waals surface area contributed by atoms with Crippen LogP contribution in [0.4, 0.5) is 4.39 Å². The van der Waals surface area contributed by atoms with E-state index in [4.69, 9.17) is 0 Å². The van der Waals surface area contributed by atoms with E-state index < -0.39 is 0 Å². The number of hydrogen-bond donors (Lipinski definition) is 0. The van der Waals surface area contributed by atoms with Crippen LogP contribution >= 0.6 is 0 Å². The molecule has 0 saturated carbocycles. The molecular formula is C21H23FN6O. The van der Waals surface area contributed by atoms with Crippen LogP contribution in [0.25, 0.3) is 5.69 Å². The Morgan fingerprint density at radius 3 is 2.31 bits per heavy atom. The van der Waals surface area contributed by atoms with Crippen LogP contribution in [-0.2, 0) is 6.54 Å². The van der Waals surface area contributed by atoms with Crippen molar-refractivity contribution in [2.45, 2.75) is 20.4 Å². The highest BCUT2D eigenvalue weighted by Gasteiger charge is 2.24. The molecule has 2 heterocycles. The Morgan fingerprint density at radius 1 is 1.00 bits per heavy atom. The second-order valence-corrected chi connectivity index (χ2v) is 7.43. The molecule has 0 unspecified atom stereocenters. The fraction of sp³-hybridized carbons (Fsp3) is 0.333. The minimum absolute atomic E-state index is 0.0765. The maximum Gasteiger partial charge on any atom is 0.253 e. The number of halogens is 1. The molecule has 1 fully saturated rings. The van der Waals surface area contributed by atoms with Gasteiger partial charge in [-0.3, -0.25) is 9.69 Å². The fourth-order valence-corrected chi connectivity index (χ4v) is 3.68. The predicted molar refractivity (Wildman–Crippen MR) is 106 cm³/mol. The van der Waals surface area contributed by atoms with Gasteiger partial charge in [0.2, 0.25) is 0 Å². The Bertz CT molecular complexity index is 988. The van der Waals surface area contributed by atoms with E-state index >= 15 is 0 Å². The number of hydrogen-bond acceptors (Lipinski definition) is 5. The Labute approximate surface area is 168 Å². The van der Waals surface area contributed by atoms with Gasteiger partial charge in [0.15, 0.2) is 5.82 Å². The molecule has 0 spiro atoms. The molecule has 0 atom stereocenters. The number of amides is 1.